The molecule has 3 N–H and O–H groups in total. The number of aliphatic hydroxyl groups is 3. The molecule has 1 aromatic rings. The van der Waals surface area contributed by atoms with E-state index in [-0.39, 0.29) is 25.8 Å². The van der Waals surface area contributed by atoms with Crippen molar-refractivity contribution in [3.05, 3.63) is 24.3 Å². The molecule has 22 heavy (non-hydrogen) atoms. The molecular formula is C14H28F3HfO3Si-. The van der Waals surface area contributed by atoms with Crippen LogP contribution in [0.4, 0.5) is 12.3 Å². The van der Waals surface area contributed by atoms with Gasteiger partial charge in [0.15, 0.2) is 0 Å². The molecule has 0 bridgehead atoms. The zero-order valence-corrected chi connectivity index (χ0v) is 18.1. The maximum Gasteiger partial charge on any atom is 0.584 e. The van der Waals surface area contributed by atoms with Crippen molar-refractivity contribution in [1.82, 2.24) is 0 Å². The van der Waals surface area contributed by atoms with Crippen LogP contribution in [0, 0.1) is 0 Å². The second kappa shape index (κ2) is 23.4. The second-order valence-corrected chi connectivity index (χ2v) is 5.42. The summed E-state index contributed by atoms with van der Waals surface area (Å²) in [4.78, 5) is 0. The van der Waals surface area contributed by atoms with Crippen molar-refractivity contribution >= 4 is 14.3 Å². The van der Waals surface area contributed by atoms with Crippen LogP contribution in [0.2, 0.25) is 0 Å². The molecule has 0 aromatic heterocycles. The fourth-order valence-electron chi connectivity index (χ4n) is 0.563. The zero-order valence-electron chi connectivity index (χ0n) is 13.5. The Kier molecular flexibility index (Phi) is 31.9. The Bertz CT molecular complexity index is 255. The quantitative estimate of drug-likeness (QED) is 0.334. The number of hydrogen-bond acceptors (Lipinski definition) is 3. The van der Waals surface area contributed by atoms with E-state index in [9.17, 15) is 12.3 Å². The van der Waals surface area contributed by atoms with Crippen LogP contribution in [-0.2, 0) is 25.8 Å². The topological polar surface area (TPSA) is 60.7 Å². The van der Waals surface area contributed by atoms with Crippen LogP contribution >= 0.6 is 0 Å². The van der Waals surface area contributed by atoms with Crippen LogP contribution in [0.25, 0.3) is 0 Å². The molecule has 3 nitrogen and oxygen atoms in total. The molecule has 0 heterocycles. The summed E-state index contributed by atoms with van der Waals surface area (Å²) < 4.78 is 35.3. The standard InChI is InChI=1S/C5H4F3Si.3C3H8O.Hf/c6-9(7,8)5-3-1-2-4-5;3*1-2-3-4;/h1-4H;3*4H,2-3H2,1H3;/q-1;;;;. The molecule has 132 valence electrons. The van der Waals surface area contributed by atoms with Crippen LogP contribution in [0.5, 0.6) is 0 Å². The third kappa shape index (κ3) is 28.3. The zero-order chi connectivity index (χ0) is 17.1. The predicted octanol–water partition coefficient (Wildman–Crippen LogP) is 2.62. The summed E-state index contributed by atoms with van der Waals surface area (Å²) in [7, 11) is -5.48. The maximum absolute atomic E-state index is 11.8. The van der Waals surface area contributed by atoms with Gasteiger partial charge in [-0.15, -0.1) is 0 Å². The van der Waals surface area contributed by atoms with Crippen LogP contribution in [0.15, 0.2) is 24.3 Å². The van der Waals surface area contributed by atoms with Crippen LogP contribution in [-0.4, -0.2) is 44.2 Å². The summed E-state index contributed by atoms with van der Waals surface area (Å²) in [5, 5.41) is 23.2. The Morgan fingerprint density at radius 1 is 0.773 bits per heavy atom. The van der Waals surface area contributed by atoms with Crippen LogP contribution in [0.1, 0.15) is 40.0 Å². The van der Waals surface area contributed by atoms with Gasteiger partial charge in [0.2, 0.25) is 0 Å². The molecule has 0 unspecified atom stereocenters. The molecule has 8 heteroatoms. The number of hydrogen-bond donors (Lipinski definition) is 3. The Hall–Kier alpha value is 0.107. The summed E-state index contributed by atoms with van der Waals surface area (Å²) in [5.41, 5.74) is 0. The Morgan fingerprint density at radius 2 is 1.00 bits per heavy atom. The monoisotopic (exact) mass is 509 g/mol. The van der Waals surface area contributed by atoms with E-state index in [1.54, 1.807) is 0 Å². The average Bonchev–Trinajstić information content (AvgIpc) is 3.02. The van der Waals surface area contributed by atoms with Gasteiger partial charge in [-0.25, -0.2) is 24.5 Å². The van der Waals surface area contributed by atoms with Crippen molar-refractivity contribution in [2.24, 2.45) is 0 Å². The van der Waals surface area contributed by atoms with Crippen molar-refractivity contribution in [3.8, 4) is 0 Å². The summed E-state index contributed by atoms with van der Waals surface area (Å²) in [5.74, 6) is 0. The Labute approximate surface area is 151 Å². The minimum absolute atomic E-state index is 0. The first-order valence-corrected chi connectivity index (χ1v) is 8.60. The first-order chi connectivity index (χ1) is 9.85. The first kappa shape index (κ1) is 30.0. The van der Waals surface area contributed by atoms with Gasteiger partial charge >= 0.3 is 9.08 Å². The fraction of sp³-hybridized carbons (Fsp3) is 0.643. The summed E-state index contributed by atoms with van der Waals surface area (Å²) >= 11 is 0. The summed E-state index contributed by atoms with van der Waals surface area (Å²) in [6.07, 6.45) is 2.62. The van der Waals surface area contributed by atoms with Gasteiger partial charge in [-0.3, -0.25) is 0 Å². The molecule has 0 aliphatic heterocycles. The third-order valence-corrected chi connectivity index (χ3v) is 2.65. The van der Waals surface area contributed by atoms with E-state index in [0.717, 1.165) is 31.4 Å². The van der Waals surface area contributed by atoms with Gasteiger partial charge in [-0.05, 0) is 19.3 Å². The minimum atomic E-state index is -5.48. The first-order valence-electron chi connectivity index (χ1n) is 6.96. The van der Waals surface area contributed by atoms with Crippen LogP contribution in [0.3, 0.4) is 0 Å². The smallest absolute Gasteiger partial charge is 0.396 e. The average molecular weight is 508 g/mol. The summed E-state index contributed by atoms with van der Waals surface area (Å²) in [6, 6.07) is 5.00. The molecule has 1 aromatic carbocycles. The molecular weight excluding hydrogens is 480 g/mol. The number of rotatable bonds is 4. The maximum atomic E-state index is 11.8. The van der Waals surface area contributed by atoms with E-state index in [1.165, 1.54) is 12.1 Å². The number of aliphatic hydroxyl groups excluding tert-OH is 3. The largest absolute Gasteiger partial charge is 0.584 e. The van der Waals surface area contributed by atoms with Gasteiger partial charge in [-0.2, -0.15) is 12.1 Å². The van der Waals surface area contributed by atoms with Gasteiger partial charge in [-0.1, -0.05) is 26.0 Å². The van der Waals surface area contributed by atoms with Gasteiger partial charge in [0.05, 0.1) is 0 Å². The molecule has 0 saturated carbocycles. The summed E-state index contributed by atoms with van der Waals surface area (Å²) in [6.45, 7) is 6.75. The SMILES string of the molecule is CCCO.CCCO.CCCO.F[Si](F)(F)[c-]1cccc1.[Hf]. The van der Waals surface area contributed by atoms with Crippen molar-refractivity contribution in [3.63, 3.8) is 0 Å². The van der Waals surface area contributed by atoms with E-state index in [0.29, 0.717) is 19.8 Å². The third-order valence-electron chi connectivity index (χ3n) is 1.66. The Morgan fingerprint density at radius 3 is 1.09 bits per heavy atom. The molecule has 0 amide bonds. The fourth-order valence-corrected chi connectivity index (χ4v) is 1.13. The molecule has 0 radical (unpaired) electrons. The van der Waals surface area contributed by atoms with Crippen molar-refractivity contribution < 1.29 is 53.5 Å². The van der Waals surface area contributed by atoms with E-state index in [2.05, 4.69) is 0 Å². The molecule has 1 rings (SSSR count). The van der Waals surface area contributed by atoms with Gasteiger partial charge in [0.25, 0.3) is 0 Å². The van der Waals surface area contributed by atoms with Crippen molar-refractivity contribution in [2.45, 2.75) is 40.0 Å². The van der Waals surface area contributed by atoms with Crippen LogP contribution < -0.4 is 5.19 Å². The Balaban J connectivity index is -0.000000107. The normalized spacial score (nSPS) is 8.95. The molecule has 0 atom stereocenters. The second-order valence-electron chi connectivity index (χ2n) is 3.84. The molecule has 0 aliphatic rings. The van der Waals surface area contributed by atoms with E-state index >= 15 is 0 Å². The molecule has 0 saturated heterocycles. The molecule has 0 spiro atoms. The van der Waals surface area contributed by atoms with E-state index < -0.39 is 14.3 Å². The van der Waals surface area contributed by atoms with Gasteiger partial charge in [0.1, 0.15) is 0 Å². The minimum Gasteiger partial charge on any atom is -0.396 e. The van der Waals surface area contributed by atoms with Crippen molar-refractivity contribution in [2.75, 3.05) is 19.8 Å². The van der Waals surface area contributed by atoms with E-state index in [4.69, 9.17) is 15.3 Å². The predicted molar refractivity (Wildman–Crippen MR) is 82.9 cm³/mol. The number of halogens is 3. The van der Waals surface area contributed by atoms with Crippen molar-refractivity contribution in [1.29, 1.82) is 0 Å². The van der Waals surface area contributed by atoms with Gasteiger partial charge in [0, 0.05) is 45.7 Å². The van der Waals surface area contributed by atoms with E-state index in [1.807, 2.05) is 20.8 Å². The molecule has 0 fully saturated rings. The molecule has 0 aliphatic carbocycles. The van der Waals surface area contributed by atoms with Gasteiger partial charge < -0.3 is 15.3 Å².